The summed E-state index contributed by atoms with van der Waals surface area (Å²) in [6.45, 7) is 8.18. The van der Waals surface area contributed by atoms with Crippen LogP contribution in [0, 0.1) is 5.82 Å². The van der Waals surface area contributed by atoms with Gasteiger partial charge in [-0.25, -0.2) is 4.39 Å². The zero-order valence-electron chi connectivity index (χ0n) is 11.3. The molecule has 0 aliphatic heterocycles. The van der Waals surface area contributed by atoms with Crippen LogP contribution in [0.25, 0.3) is 0 Å². The van der Waals surface area contributed by atoms with Gasteiger partial charge in [-0.15, -0.1) is 0 Å². The number of hydrogen-bond acceptors (Lipinski definition) is 3. The van der Waals surface area contributed by atoms with Gasteiger partial charge in [0.2, 0.25) is 0 Å². The average Bonchev–Trinajstić information content (AvgIpc) is 2.34. The fourth-order valence-electron chi connectivity index (χ4n) is 1.45. The van der Waals surface area contributed by atoms with Crippen LogP contribution in [-0.4, -0.2) is 25.9 Å². The van der Waals surface area contributed by atoms with Crippen LogP contribution in [-0.2, 0) is 11.3 Å². The van der Waals surface area contributed by atoms with Crippen LogP contribution in [0.5, 0.6) is 5.75 Å². The molecule has 0 aliphatic rings. The molecule has 0 amide bonds. The van der Waals surface area contributed by atoms with Gasteiger partial charge in [0, 0.05) is 19.2 Å². The smallest absolute Gasteiger partial charge is 0.165 e. The van der Waals surface area contributed by atoms with Gasteiger partial charge in [0.05, 0.1) is 6.61 Å². The van der Waals surface area contributed by atoms with Crippen molar-refractivity contribution in [2.45, 2.75) is 33.4 Å². The van der Waals surface area contributed by atoms with Crippen molar-refractivity contribution in [3.05, 3.63) is 29.6 Å². The molecule has 0 fully saturated rings. The maximum absolute atomic E-state index is 13.7. The minimum atomic E-state index is -0.324. The van der Waals surface area contributed by atoms with Gasteiger partial charge in [0.25, 0.3) is 0 Å². The number of benzene rings is 1. The second kappa shape index (κ2) is 8.06. The molecule has 0 bridgehead atoms. The third kappa shape index (κ3) is 5.47. The Morgan fingerprint density at radius 2 is 2.06 bits per heavy atom. The lowest BCUT2D eigenvalue weighted by atomic mass is 10.2. The molecular formula is C14H22FNO2. The summed E-state index contributed by atoms with van der Waals surface area (Å²) in [5.41, 5.74) is 0.915. The summed E-state index contributed by atoms with van der Waals surface area (Å²) in [6.07, 6.45) is 0. The van der Waals surface area contributed by atoms with E-state index in [1.165, 1.54) is 6.07 Å². The second-order valence-corrected chi connectivity index (χ2v) is 4.35. The van der Waals surface area contributed by atoms with Gasteiger partial charge in [0.1, 0.15) is 6.61 Å². The minimum absolute atomic E-state index is 0.281. The Morgan fingerprint density at radius 3 is 2.67 bits per heavy atom. The molecule has 4 heteroatoms. The summed E-state index contributed by atoms with van der Waals surface area (Å²) >= 11 is 0. The Balaban J connectivity index is 2.46. The third-order valence-corrected chi connectivity index (χ3v) is 2.40. The fraction of sp³-hybridized carbons (Fsp3) is 0.571. The molecule has 0 saturated heterocycles. The fourth-order valence-corrected chi connectivity index (χ4v) is 1.45. The monoisotopic (exact) mass is 255 g/mol. The summed E-state index contributed by atoms with van der Waals surface area (Å²) in [6, 6.07) is 5.42. The molecule has 3 nitrogen and oxygen atoms in total. The van der Waals surface area contributed by atoms with Crippen molar-refractivity contribution in [1.29, 1.82) is 0 Å². The molecule has 0 saturated carbocycles. The highest BCUT2D eigenvalue weighted by molar-refractivity contribution is 5.29. The van der Waals surface area contributed by atoms with Crippen LogP contribution in [0.1, 0.15) is 26.3 Å². The predicted molar refractivity (Wildman–Crippen MR) is 70.4 cm³/mol. The van der Waals surface area contributed by atoms with Gasteiger partial charge in [-0.1, -0.05) is 19.9 Å². The van der Waals surface area contributed by atoms with Crippen molar-refractivity contribution >= 4 is 0 Å². The predicted octanol–water partition coefficient (Wildman–Crippen LogP) is 2.74. The Labute approximate surface area is 108 Å². The number of rotatable bonds is 8. The number of ether oxygens (including phenoxy) is 2. The van der Waals surface area contributed by atoms with Crippen molar-refractivity contribution in [3.63, 3.8) is 0 Å². The molecule has 1 aromatic carbocycles. The molecule has 0 unspecified atom stereocenters. The zero-order chi connectivity index (χ0) is 13.4. The average molecular weight is 255 g/mol. The van der Waals surface area contributed by atoms with Crippen molar-refractivity contribution in [2.24, 2.45) is 0 Å². The molecular weight excluding hydrogens is 233 g/mol. The van der Waals surface area contributed by atoms with E-state index in [9.17, 15) is 4.39 Å². The highest BCUT2D eigenvalue weighted by atomic mass is 19.1. The number of halogens is 1. The summed E-state index contributed by atoms with van der Waals surface area (Å²) in [5, 5.41) is 3.24. The molecule has 0 spiro atoms. The molecule has 1 rings (SSSR count). The number of nitrogens with one attached hydrogen (secondary N) is 1. The summed E-state index contributed by atoms with van der Waals surface area (Å²) in [7, 11) is 0. The lowest BCUT2D eigenvalue weighted by molar-refractivity contribution is 0.108. The molecule has 0 aromatic heterocycles. The van der Waals surface area contributed by atoms with E-state index < -0.39 is 0 Å². The van der Waals surface area contributed by atoms with Crippen molar-refractivity contribution in [3.8, 4) is 5.75 Å². The lowest BCUT2D eigenvalue weighted by Gasteiger charge is -2.10. The minimum Gasteiger partial charge on any atom is -0.488 e. The number of hydrogen-bond donors (Lipinski definition) is 1. The van der Waals surface area contributed by atoms with E-state index in [0.717, 1.165) is 5.56 Å². The Bertz CT molecular complexity index is 356. The van der Waals surface area contributed by atoms with E-state index in [-0.39, 0.29) is 11.6 Å². The molecule has 0 aliphatic carbocycles. The first-order valence-corrected chi connectivity index (χ1v) is 6.35. The zero-order valence-corrected chi connectivity index (χ0v) is 11.3. The molecule has 0 radical (unpaired) electrons. The van der Waals surface area contributed by atoms with Gasteiger partial charge < -0.3 is 14.8 Å². The lowest BCUT2D eigenvalue weighted by Crippen LogP contribution is -2.21. The first kappa shape index (κ1) is 14.9. The van der Waals surface area contributed by atoms with Gasteiger partial charge in [-0.05, 0) is 24.6 Å². The van der Waals surface area contributed by atoms with Crippen molar-refractivity contribution in [2.75, 3.05) is 19.8 Å². The normalized spacial score (nSPS) is 10.9. The first-order valence-electron chi connectivity index (χ1n) is 6.35. The van der Waals surface area contributed by atoms with E-state index >= 15 is 0 Å². The maximum Gasteiger partial charge on any atom is 0.165 e. The standard InChI is InChI=1S/C14H22FNO2/c1-4-17-7-8-18-14-6-5-12(9-13(14)15)10-16-11(2)3/h5-6,9,11,16H,4,7-8,10H2,1-3H3. The van der Waals surface area contributed by atoms with Crippen molar-refractivity contribution < 1.29 is 13.9 Å². The van der Waals surface area contributed by atoms with Gasteiger partial charge in [0.15, 0.2) is 11.6 Å². The Kier molecular flexibility index (Phi) is 6.68. The quantitative estimate of drug-likeness (QED) is 0.725. The molecule has 1 N–H and O–H groups in total. The van der Waals surface area contributed by atoms with E-state index in [4.69, 9.17) is 9.47 Å². The Morgan fingerprint density at radius 1 is 1.28 bits per heavy atom. The van der Waals surface area contributed by atoms with Gasteiger partial charge >= 0.3 is 0 Å². The highest BCUT2D eigenvalue weighted by Crippen LogP contribution is 2.18. The third-order valence-electron chi connectivity index (χ3n) is 2.40. The molecule has 18 heavy (non-hydrogen) atoms. The second-order valence-electron chi connectivity index (χ2n) is 4.35. The molecule has 0 heterocycles. The largest absolute Gasteiger partial charge is 0.488 e. The van der Waals surface area contributed by atoms with Crippen molar-refractivity contribution in [1.82, 2.24) is 5.32 Å². The van der Waals surface area contributed by atoms with E-state index in [1.807, 2.05) is 13.0 Å². The van der Waals surface area contributed by atoms with Crippen LogP contribution in [0.3, 0.4) is 0 Å². The Hall–Kier alpha value is -1.13. The SMILES string of the molecule is CCOCCOc1ccc(CNC(C)C)cc1F. The molecule has 0 atom stereocenters. The highest BCUT2D eigenvalue weighted by Gasteiger charge is 2.05. The summed E-state index contributed by atoms with van der Waals surface area (Å²) in [4.78, 5) is 0. The van der Waals surface area contributed by atoms with Crippen LogP contribution in [0.15, 0.2) is 18.2 Å². The topological polar surface area (TPSA) is 30.5 Å². The van der Waals surface area contributed by atoms with Crippen LogP contribution in [0.2, 0.25) is 0 Å². The van der Waals surface area contributed by atoms with E-state index in [1.54, 1.807) is 6.07 Å². The van der Waals surface area contributed by atoms with Gasteiger partial charge in [-0.2, -0.15) is 0 Å². The van der Waals surface area contributed by atoms with Crippen LogP contribution in [0.4, 0.5) is 4.39 Å². The van der Waals surface area contributed by atoms with Gasteiger partial charge in [-0.3, -0.25) is 0 Å². The molecule has 1 aromatic rings. The molecule has 102 valence electrons. The maximum atomic E-state index is 13.7. The van der Waals surface area contributed by atoms with Crippen LogP contribution >= 0.6 is 0 Å². The first-order chi connectivity index (χ1) is 8.63. The van der Waals surface area contributed by atoms with E-state index in [2.05, 4.69) is 19.2 Å². The van der Waals surface area contributed by atoms with Crippen LogP contribution < -0.4 is 10.1 Å². The summed E-state index contributed by atoms with van der Waals surface area (Å²) < 4.78 is 24.1. The summed E-state index contributed by atoms with van der Waals surface area (Å²) in [5.74, 6) is -0.0439. The van der Waals surface area contributed by atoms with E-state index in [0.29, 0.717) is 32.4 Å².